The molecule has 0 N–H and O–H groups in total. The number of aromatic nitrogens is 2. The lowest BCUT2D eigenvalue weighted by Crippen LogP contribution is -2.42. The van der Waals surface area contributed by atoms with E-state index >= 15 is 0 Å². The van der Waals surface area contributed by atoms with Crippen LogP contribution in [0.2, 0.25) is 43.8 Å². The Morgan fingerprint density at radius 2 is 1.79 bits per heavy atom. The largest absolute Gasteiger partial charge is 0.449 e. The number of hydrogen-bond acceptors (Lipinski definition) is 4. The van der Waals surface area contributed by atoms with Gasteiger partial charge in [0.2, 0.25) is 5.88 Å². The molecule has 0 aliphatic heterocycles. The molecule has 1 aromatic rings. The summed E-state index contributed by atoms with van der Waals surface area (Å²) in [7, 11) is -2.86. The molecule has 0 unspecified atom stereocenters. The minimum atomic E-state index is -1.78. The monoisotopic (exact) mass is 604 g/mol. The summed E-state index contributed by atoms with van der Waals surface area (Å²) in [6.07, 6.45) is 0. The lowest BCUT2D eigenvalue weighted by Gasteiger charge is -2.37. The highest BCUT2D eigenvalue weighted by Gasteiger charge is 2.37. The molecule has 1 atom stereocenters. The third-order valence-electron chi connectivity index (χ3n) is 5.23. The van der Waals surface area contributed by atoms with E-state index in [1.54, 1.807) is 0 Å². The van der Waals surface area contributed by atoms with E-state index in [2.05, 4.69) is 99.0 Å². The van der Waals surface area contributed by atoms with Crippen molar-refractivity contribution in [2.45, 2.75) is 82.9 Å². The number of nitrogens with zero attached hydrogens (tertiary/aromatic N) is 2. The molecule has 5 nitrogen and oxygen atoms in total. The van der Waals surface area contributed by atoms with Crippen LogP contribution in [0.5, 0.6) is 5.88 Å². The average molecular weight is 606 g/mol. The van der Waals surface area contributed by atoms with Crippen LogP contribution in [0.1, 0.15) is 39.4 Å². The number of ether oxygens (including phenoxy) is 2. The third-order valence-corrected chi connectivity index (χ3v) is 13.0. The Labute approximate surface area is 195 Å². The van der Waals surface area contributed by atoms with Gasteiger partial charge in [0.1, 0.15) is 0 Å². The summed E-state index contributed by atoms with van der Waals surface area (Å²) >= 11 is 5.91. The fraction of sp³-hybridized carbons (Fsp3) is 0.842. The first-order valence-electron chi connectivity index (χ1n) is 9.87. The van der Waals surface area contributed by atoms with E-state index in [0.29, 0.717) is 12.5 Å². The van der Waals surface area contributed by atoms with E-state index in [1.807, 2.05) is 4.68 Å². The Morgan fingerprint density at radius 1 is 1.18 bits per heavy atom. The summed E-state index contributed by atoms with van der Waals surface area (Å²) in [5.74, 6) is 0.641. The molecule has 0 aliphatic rings. The van der Waals surface area contributed by atoms with Gasteiger partial charge >= 0.3 is 0 Å². The quantitative estimate of drug-likeness (QED) is 0.0932. The Balaban J connectivity index is 2.73. The summed E-state index contributed by atoms with van der Waals surface area (Å²) < 4.78 is 21.0. The summed E-state index contributed by atoms with van der Waals surface area (Å²) in [5, 5.41) is 5.63. The molecule has 0 bridgehead atoms. The van der Waals surface area contributed by atoms with Gasteiger partial charge in [-0.2, -0.15) is 0 Å². The predicted molar refractivity (Wildman–Crippen MR) is 135 cm³/mol. The normalized spacial score (nSPS) is 14.4. The maximum atomic E-state index is 6.40. The first kappa shape index (κ1) is 26.6. The van der Waals surface area contributed by atoms with Gasteiger partial charge in [-0.05, 0) is 53.7 Å². The van der Waals surface area contributed by atoms with Crippen LogP contribution < -0.4 is 4.74 Å². The Kier molecular flexibility index (Phi) is 10.2. The molecule has 0 amide bonds. The van der Waals surface area contributed by atoms with Crippen LogP contribution in [-0.4, -0.2) is 46.2 Å². The lowest BCUT2D eigenvalue weighted by molar-refractivity contribution is 0.0182. The van der Waals surface area contributed by atoms with Crippen LogP contribution >= 0.6 is 38.5 Å². The fourth-order valence-corrected chi connectivity index (χ4v) is 5.76. The van der Waals surface area contributed by atoms with Gasteiger partial charge in [-0.15, -0.1) is 5.10 Å². The van der Waals surface area contributed by atoms with Crippen molar-refractivity contribution in [3.05, 3.63) is 9.26 Å². The minimum Gasteiger partial charge on any atom is -0.449 e. The Bertz CT molecular complexity index is 628. The van der Waals surface area contributed by atoms with Crippen molar-refractivity contribution >= 4 is 54.9 Å². The highest BCUT2D eigenvalue weighted by Crippen LogP contribution is 2.37. The standard InChI is InChI=1S/C19H38BrIN2O3Si2/c1-15(13-26-28(8,9)19(2,3)4)23-16(12-20)17(21)18(22-23)25-14-24-10-11-27(5,6)7/h15H,10-14H2,1-9H3/t15-/m0/s1. The predicted octanol–water partition coefficient (Wildman–Crippen LogP) is 6.66. The molecular formula is C19H38BrIN2O3Si2. The van der Waals surface area contributed by atoms with Crippen LogP contribution in [0.15, 0.2) is 0 Å². The molecule has 0 saturated carbocycles. The molecule has 1 rings (SSSR count). The zero-order chi connectivity index (χ0) is 21.8. The fourth-order valence-electron chi connectivity index (χ4n) is 2.15. The lowest BCUT2D eigenvalue weighted by atomic mass is 10.2. The summed E-state index contributed by atoms with van der Waals surface area (Å²) in [4.78, 5) is 0. The number of halogens is 2. The van der Waals surface area contributed by atoms with Crippen LogP contribution in [-0.2, 0) is 14.5 Å². The van der Waals surface area contributed by atoms with E-state index in [4.69, 9.17) is 19.0 Å². The van der Waals surface area contributed by atoms with Crippen molar-refractivity contribution in [1.82, 2.24) is 9.78 Å². The topological polar surface area (TPSA) is 45.5 Å². The molecule has 28 heavy (non-hydrogen) atoms. The minimum absolute atomic E-state index is 0.139. The number of alkyl halides is 1. The number of rotatable bonds is 11. The van der Waals surface area contributed by atoms with E-state index in [1.165, 1.54) is 0 Å². The molecule has 9 heteroatoms. The molecule has 1 aromatic heterocycles. The van der Waals surface area contributed by atoms with Crippen molar-refractivity contribution in [2.24, 2.45) is 0 Å². The van der Waals surface area contributed by atoms with Crippen molar-refractivity contribution in [2.75, 3.05) is 20.0 Å². The highest BCUT2D eigenvalue weighted by atomic mass is 127. The van der Waals surface area contributed by atoms with Gasteiger partial charge in [-0.1, -0.05) is 56.3 Å². The third kappa shape index (κ3) is 8.01. The molecule has 0 spiro atoms. The zero-order valence-corrected chi connectivity index (χ0v) is 24.7. The smallest absolute Gasteiger partial charge is 0.248 e. The summed E-state index contributed by atoms with van der Waals surface area (Å²) in [6.45, 7) is 22.2. The van der Waals surface area contributed by atoms with Gasteiger partial charge < -0.3 is 13.9 Å². The molecule has 164 valence electrons. The van der Waals surface area contributed by atoms with E-state index < -0.39 is 16.4 Å². The molecule has 0 aromatic carbocycles. The zero-order valence-electron chi connectivity index (χ0n) is 19.0. The second-order valence-corrected chi connectivity index (χ2v) is 22.1. The first-order chi connectivity index (χ1) is 12.7. The summed E-state index contributed by atoms with van der Waals surface area (Å²) in [5.41, 5.74) is 1.11. The van der Waals surface area contributed by atoms with Gasteiger partial charge in [0.25, 0.3) is 0 Å². The van der Waals surface area contributed by atoms with E-state index in [9.17, 15) is 0 Å². The van der Waals surface area contributed by atoms with E-state index in [0.717, 1.165) is 27.2 Å². The SMILES string of the molecule is C[C@@H](CO[Si](C)(C)C(C)(C)C)n1nc(OCOCC[Si](C)(C)C)c(I)c1CBr. The van der Waals surface area contributed by atoms with Crippen LogP contribution in [0.25, 0.3) is 0 Å². The van der Waals surface area contributed by atoms with Crippen molar-refractivity contribution < 1.29 is 13.9 Å². The van der Waals surface area contributed by atoms with Crippen molar-refractivity contribution in [1.29, 1.82) is 0 Å². The van der Waals surface area contributed by atoms with Crippen LogP contribution in [0, 0.1) is 3.57 Å². The number of hydrogen-bond donors (Lipinski definition) is 0. The second-order valence-electron chi connectivity index (χ2n) is 10.0. The van der Waals surface area contributed by atoms with Crippen LogP contribution in [0.3, 0.4) is 0 Å². The highest BCUT2D eigenvalue weighted by molar-refractivity contribution is 14.1. The van der Waals surface area contributed by atoms with Gasteiger partial charge in [0.05, 0.1) is 21.9 Å². The van der Waals surface area contributed by atoms with Crippen LogP contribution in [0.4, 0.5) is 0 Å². The van der Waals surface area contributed by atoms with Gasteiger partial charge in [0, 0.05) is 20.0 Å². The maximum absolute atomic E-state index is 6.40. The van der Waals surface area contributed by atoms with Gasteiger partial charge in [-0.25, -0.2) is 0 Å². The van der Waals surface area contributed by atoms with Crippen molar-refractivity contribution in [3.8, 4) is 5.88 Å². The summed E-state index contributed by atoms with van der Waals surface area (Å²) in [6, 6.07) is 1.27. The second kappa shape index (κ2) is 10.7. The average Bonchev–Trinajstić information content (AvgIpc) is 2.86. The van der Waals surface area contributed by atoms with Gasteiger partial charge in [-0.3, -0.25) is 4.68 Å². The molecular weight excluding hydrogens is 567 g/mol. The molecule has 0 aliphatic carbocycles. The molecule has 0 fully saturated rings. The Hall–Kier alpha value is 0.574. The van der Waals surface area contributed by atoms with Crippen molar-refractivity contribution in [3.63, 3.8) is 0 Å². The van der Waals surface area contributed by atoms with Gasteiger partial charge in [0.15, 0.2) is 15.1 Å². The maximum Gasteiger partial charge on any atom is 0.248 e. The first-order valence-corrected chi connectivity index (χ1v) is 18.7. The van der Waals surface area contributed by atoms with E-state index in [-0.39, 0.29) is 17.9 Å². The molecule has 0 saturated heterocycles. The Morgan fingerprint density at radius 3 is 2.29 bits per heavy atom. The molecule has 1 heterocycles. The molecule has 0 radical (unpaired) electrons.